The van der Waals surface area contributed by atoms with E-state index in [1.807, 2.05) is 16.4 Å². The minimum Gasteiger partial charge on any atom is -0.305 e. The second-order valence-corrected chi connectivity index (χ2v) is 4.73. The first-order valence-electron chi connectivity index (χ1n) is 5.22. The summed E-state index contributed by atoms with van der Waals surface area (Å²) in [6, 6.07) is 0.671. The van der Waals surface area contributed by atoms with Crippen molar-refractivity contribution in [1.82, 2.24) is 25.1 Å². The Morgan fingerprint density at radius 1 is 1.44 bits per heavy atom. The lowest BCUT2D eigenvalue weighted by Gasteiger charge is -2.18. The first-order valence-corrected chi connectivity index (χ1v) is 6.10. The maximum atomic E-state index is 4.08. The summed E-state index contributed by atoms with van der Waals surface area (Å²) in [6.45, 7) is 5.10. The Balaban J connectivity index is 1.85. The maximum absolute atomic E-state index is 4.08. The predicted octanol–water partition coefficient (Wildman–Crippen LogP) is 1.47. The van der Waals surface area contributed by atoms with Gasteiger partial charge in [-0.05, 0) is 13.8 Å². The molecule has 6 heteroatoms. The van der Waals surface area contributed by atoms with Crippen LogP contribution in [0.1, 0.15) is 24.8 Å². The molecule has 2 atom stereocenters. The van der Waals surface area contributed by atoms with Crippen molar-refractivity contribution in [3.8, 4) is 0 Å². The van der Waals surface area contributed by atoms with Crippen molar-refractivity contribution in [2.24, 2.45) is 0 Å². The van der Waals surface area contributed by atoms with Gasteiger partial charge in [-0.1, -0.05) is 0 Å². The highest BCUT2D eigenvalue weighted by Crippen LogP contribution is 2.16. The summed E-state index contributed by atoms with van der Waals surface area (Å²) < 4.78 is 1.83. The Morgan fingerprint density at radius 2 is 2.31 bits per heavy atom. The Bertz CT molecular complexity index is 397. The van der Waals surface area contributed by atoms with Crippen LogP contribution in [0.4, 0.5) is 0 Å². The Morgan fingerprint density at radius 3 is 2.94 bits per heavy atom. The molecule has 2 heterocycles. The van der Waals surface area contributed by atoms with E-state index < -0.39 is 0 Å². The normalized spacial score (nSPS) is 14.9. The van der Waals surface area contributed by atoms with Crippen LogP contribution < -0.4 is 5.32 Å². The van der Waals surface area contributed by atoms with Crippen LogP contribution in [-0.4, -0.2) is 25.8 Å². The van der Waals surface area contributed by atoms with Gasteiger partial charge in [0, 0.05) is 23.2 Å². The molecule has 0 saturated heterocycles. The zero-order valence-electron chi connectivity index (χ0n) is 9.37. The molecule has 0 radical (unpaired) electrons. The summed E-state index contributed by atoms with van der Waals surface area (Å²) in [7, 11) is 0. The Kier molecular flexibility index (Phi) is 3.63. The van der Waals surface area contributed by atoms with E-state index in [4.69, 9.17) is 0 Å². The minimum absolute atomic E-state index is 0.325. The molecular formula is C10H15N5S. The topological polar surface area (TPSA) is 55.6 Å². The van der Waals surface area contributed by atoms with Gasteiger partial charge in [-0.25, -0.2) is 4.98 Å². The van der Waals surface area contributed by atoms with Crippen LogP contribution in [0.15, 0.2) is 24.4 Å². The highest BCUT2D eigenvalue weighted by atomic mass is 32.1. The van der Waals surface area contributed by atoms with Gasteiger partial charge in [-0.15, -0.1) is 11.3 Å². The van der Waals surface area contributed by atoms with E-state index in [2.05, 4.69) is 34.2 Å². The van der Waals surface area contributed by atoms with Crippen LogP contribution in [-0.2, 0) is 6.54 Å². The molecule has 0 amide bonds. The minimum atomic E-state index is 0.325. The number of thiazole rings is 1. The van der Waals surface area contributed by atoms with E-state index in [-0.39, 0.29) is 0 Å². The van der Waals surface area contributed by atoms with Gasteiger partial charge in [0.15, 0.2) is 0 Å². The fraction of sp³-hybridized carbons (Fsp3) is 0.500. The maximum Gasteiger partial charge on any atom is 0.137 e. The van der Waals surface area contributed by atoms with Crippen molar-refractivity contribution in [3.05, 3.63) is 29.2 Å². The fourth-order valence-electron chi connectivity index (χ4n) is 1.61. The van der Waals surface area contributed by atoms with Crippen LogP contribution >= 0.6 is 11.3 Å². The van der Waals surface area contributed by atoms with Gasteiger partial charge in [-0.3, -0.25) is 9.67 Å². The lowest BCUT2D eigenvalue weighted by molar-refractivity contribution is 0.415. The van der Waals surface area contributed by atoms with Gasteiger partial charge in [0.2, 0.25) is 0 Å². The van der Waals surface area contributed by atoms with E-state index in [0.29, 0.717) is 12.1 Å². The quantitative estimate of drug-likeness (QED) is 0.855. The standard InChI is InChI=1S/C10H15N5S/c1-8(4-15-6-12-5-13-15)14-9(2)10-3-11-7-16-10/h3,5-9,14H,4H2,1-2H3. The molecule has 86 valence electrons. The summed E-state index contributed by atoms with van der Waals surface area (Å²) in [5, 5.41) is 7.58. The van der Waals surface area contributed by atoms with Crippen molar-refractivity contribution in [2.75, 3.05) is 0 Å². The van der Waals surface area contributed by atoms with Crippen LogP contribution in [0.3, 0.4) is 0 Å². The molecule has 0 aliphatic carbocycles. The van der Waals surface area contributed by atoms with E-state index in [1.165, 1.54) is 4.88 Å². The number of hydrogen-bond acceptors (Lipinski definition) is 5. The number of hydrogen-bond donors (Lipinski definition) is 1. The third-order valence-corrected chi connectivity index (χ3v) is 3.30. The summed E-state index contributed by atoms with van der Waals surface area (Å²) in [5.74, 6) is 0. The van der Waals surface area contributed by atoms with E-state index in [9.17, 15) is 0 Å². The molecule has 2 aromatic heterocycles. The van der Waals surface area contributed by atoms with Crippen molar-refractivity contribution in [3.63, 3.8) is 0 Å². The summed E-state index contributed by atoms with van der Waals surface area (Å²) in [5.41, 5.74) is 1.86. The Labute approximate surface area is 98.5 Å². The molecule has 2 unspecified atom stereocenters. The zero-order valence-corrected chi connectivity index (χ0v) is 10.2. The van der Waals surface area contributed by atoms with Crippen LogP contribution in [0.2, 0.25) is 0 Å². The lowest BCUT2D eigenvalue weighted by Crippen LogP contribution is -2.32. The van der Waals surface area contributed by atoms with Crippen molar-refractivity contribution in [2.45, 2.75) is 32.5 Å². The monoisotopic (exact) mass is 237 g/mol. The molecule has 1 N–H and O–H groups in total. The van der Waals surface area contributed by atoms with E-state index in [0.717, 1.165) is 6.54 Å². The van der Waals surface area contributed by atoms with Gasteiger partial charge in [0.25, 0.3) is 0 Å². The van der Waals surface area contributed by atoms with Crippen LogP contribution in [0.25, 0.3) is 0 Å². The first-order chi connectivity index (χ1) is 7.75. The van der Waals surface area contributed by atoms with Crippen LogP contribution in [0.5, 0.6) is 0 Å². The number of nitrogens with one attached hydrogen (secondary N) is 1. The van der Waals surface area contributed by atoms with E-state index >= 15 is 0 Å². The number of rotatable bonds is 5. The number of aromatic nitrogens is 4. The van der Waals surface area contributed by atoms with Gasteiger partial charge in [0.1, 0.15) is 12.7 Å². The number of nitrogens with zero attached hydrogens (tertiary/aromatic N) is 4. The summed E-state index contributed by atoms with van der Waals surface area (Å²) >= 11 is 1.67. The van der Waals surface area contributed by atoms with Gasteiger partial charge in [0.05, 0.1) is 12.1 Å². The second kappa shape index (κ2) is 5.18. The molecule has 2 aromatic rings. The highest BCUT2D eigenvalue weighted by Gasteiger charge is 2.11. The largest absolute Gasteiger partial charge is 0.305 e. The zero-order chi connectivity index (χ0) is 11.4. The van der Waals surface area contributed by atoms with Crippen molar-refractivity contribution < 1.29 is 0 Å². The summed E-state index contributed by atoms with van der Waals surface area (Å²) in [4.78, 5) is 9.25. The van der Waals surface area contributed by atoms with Gasteiger partial charge >= 0.3 is 0 Å². The molecular weight excluding hydrogens is 222 g/mol. The Hall–Kier alpha value is -1.27. The molecule has 0 spiro atoms. The smallest absolute Gasteiger partial charge is 0.137 e. The lowest BCUT2D eigenvalue weighted by atomic mass is 10.2. The van der Waals surface area contributed by atoms with Crippen LogP contribution in [0, 0.1) is 0 Å². The third kappa shape index (κ3) is 2.86. The molecule has 0 bridgehead atoms. The highest BCUT2D eigenvalue weighted by molar-refractivity contribution is 7.09. The average molecular weight is 237 g/mol. The third-order valence-electron chi connectivity index (χ3n) is 2.34. The average Bonchev–Trinajstić information content (AvgIpc) is 2.88. The van der Waals surface area contributed by atoms with Gasteiger partial charge < -0.3 is 5.32 Å². The second-order valence-electron chi connectivity index (χ2n) is 3.81. The molecule has 0 aliphatic rings. The molecule has 5 nitrogen and oxygen atoms in total. The van der Waals surface area contributed by atoms with Crippen molar-refractivity contribution in [1.29, 1.82) is 0 Å². The molecule has 0 aliphatic heterocycles. The first kappa shape index (κ1) is 11.2. The molecule has 0 saturated carbocycles. The predicted molar refractivity (Wildman–Crippen MR) is 63.1 cm³/mol. The van der Waals surface area contributed by atoms with Crippen molar-refractivity contribution >= 4 is 11.3 Å². The fourth-order valence-corrected chi connectivity index (χ4v) is 2.25. The molecule has 16 heavy (non-hydrogen) atoms. The summed E-state index contributed by atoms with van der Waals surface area (Å²) in [6.07, 6.45) is 5.19. The van der Waals surface area contributed by atoms with Gasteiger partial charge in [-0.2, -0.15) is 5.10 Å². The molecule has 0 fully saturated rings. The molecule has 2 rings (SSSR count). The SMILES string of the molecule is CC(Cn1cncn1)NC(C)c1cncs1. The molecule has 0 aromatic carbocycles. The van der Waals surface area contributed by atoms with E-state index in [1.54, 1.807) is 24.0 Å².